The van der Waals surface area contributed by atoms with E-state index in [1.807, 2.05) is 44.2 Å². The third-order valence-electron chi connectivity index (χ3n) is 4.37. The molecule has 0 bridgehead atoms. The molecular weight excluding hydrogens is 310 g/mol. The molecule has 0 spiro atoms. The van der Waals surface area contributed by atoms with Crippen LogP contribution in [0.1, 0.15) is 17.0 Å². The van der Waals surface area contributed by atoms with Gasteiger partial charge >= 0.3 is 0 Å². The van der Waals surface area contributed by atoms with Crippen LogP contribution in [0.3, 0.4) is 0 Å². The number of aromatic nitrogens is 1. The van der Waals surface area contributed by atoms with Crippen molar-refractivity contribution in [3.8, 4) is 11.8 Å². The summed E-state index contributed by atoms with van der Waals surface area (Å²) in [5.74, 6) is -0.377. The number of carbonyl (C=O) groups is 1. The zero-order chi connectivity index (χ0) is 18.0. The van der Waals surface area contributed by atoms with Gasteiger partial charge in [0.2, 0.25) is 0 Å². The van der Waals surface area contributed by atoms with Crippen LogP contribution in [-0.4, -0.2) is 17.5 Å². The van der Waals surface area contributed by atoms with Gasteiger partial charge in [-0.05, 0) is 43.0 Å². The number of fused-ring (bicyclic) bond motifs is 1. The van der Waals surface area contributed by atoms with Crippen molar-refractivity contribution < 1.29 is 4.79 Å². The number of benzene rings is 2. The highest BCUT2D eigenvalue weighted by atomic mass is 16.1. The van der Waals surface area contributed by atoms with Gasteiger partial charge in [0.05, 0.1) is 5.69 Å². The molecule has 0 fully saturated rings. The Bertz CT molecular complexity index is 1030. The molecule has 0 unspecified atom stereocenters. The number of nitrogens with one attached hydrogen (secondary N) is 1. The molecule has 25 heavy (non-hydrogen) atoms. The van der Waals surface area contributed by atoms with Crippen molar-refractivity contribution in [3.63, 3.8) is 0 Å². The molecule has 0 saturated heterocycles. The van der Waals surface area contributed by atoms with Crippen molar-refractivity contribution in [2.75, 3.05) is 7.05 Å². The Hall–Kier alpha value is -3.32. The van der Waals surface area contributed by atoms with E-state index in [0.717, 1.165) is 28.0 Å². The number of hydrogen-bond donors (Lipinski definition) is 1. The Morgan fingerprint density at radius 3 is 2.60 bits per heavy atom. The minimum Gasteiger partial charge on any atom is -0.354 e. The second-order valence-electron chi connectivity index (χ2n) is 5.91. The molecule has 3 aromatic rings. The molecule has 4 nitrogen and oxygen atoms in total. The minimum atomic E-state index is -0.377. The highest BCUT2D eigenvalue weighted by Crippen LogP contribution is 2.28. The van der Waals surface area contributed by atoms with Gasteiger partial charge in [-0.2, -0.15) is 5.26 Å². The largest absolute Gasteiger partial charge is 0.354 e. The fraction of sp³-hybridized carbons (Fsp3) is 0.143. The van der Waals surface area contributed by atoms with Gasteiger partial charge in [0.1, 0.15) is 11.6 Å². The Morgan fingerprint density at radius 2 is 1.88 bits per heavy atom. The molecule has 3 rings (SSSR count). The van der Waals surface area contributed by atoms with Crippen LogP contribution in [0.15, 0.2) is 54.1 Å². The summed E-state index contributed by atoms with van der Waals surface area (Å²) >= 11 is 0. The Labute approximate surface area is 147 Å². The number of carbonyl (C=O) groups excluding carboxylic acids is 1. The molecule has 1 heterocycles. The number of nitriles is 1. The lowest BCUT2D eigenvalue weighted by atomic mass is 10.1. The van der Waals surface area contributed by atoms with Crippen LogP contribution in [0.4, 0.5) is 0 Å². The summed E-state index contributed by atoms with van der Waals surface area (Å²) in [6, 6.07) is 18.4. The third-order valence-corrected chi connectivity index (χ3v) is 4.37. The Balaban J connectivity index is 2.20. The summed E-state index contributed by atoms with van der Waals surface area (Å²) in [5, 5.41) is 14.1. The second kappa shape index (κ2) is 6.66. The molecular formula is C21H19N3O. The van der Waals surface area contributed by atoms with Gasteiger partial charge in [0, 0.05) is 23.8 Å². The zero-order valence-electron chi connectivity index (χ0n) is 14.5. The maximum Gasteiger partial charge on any atom is 0.261 e. The van der Waals surface area contributed by atoms with E-state index in [2.05, 4.69) is 34.1 Å². The molecule has 0 aliphatic carbocycles. The highest BCUT2D eigenvalue weighted by Gasteiger charge is 2.14. The summed E-state index contributed by atoms with van der Waals surface area (Å²) in [6.45, 7) is 4.03. The van der Waals surface area contributed by atoms with E-state index in [4.69, 9.17) is 0 Å². The molecule has 0 radical (unpaired) electrons. The fourth-order valence-electron chi connectivity index (χ4n) is 3.15. The van der Waals surface area contributed by atoms with E-state index < -0.39 is 0 Å². The quantitative estimate of drug-likeness (QED) is 0.585. The zero-order valence-corrected chi connectivity index (χ0v) is 14.5. The van der Waals surface area contributed by atoms with Crippen LogP contribution in [0.2, 0.25) is 0 Å². The summed E-state index contributed by atoms with van der Waals surface area (Å²) in [6.07, 6.45) is 1.64. The van der Waals surface area contributed by atoms with Gasteiger partial charge in [0.25, 0.3) is 5.91 Å². The molecule has 0 aliphatic heterocycles. The lowest BCUT2D eigenvalue weighted by Gasteiger charge is -2.13. The van der Waals surface area contributed by atoms with Crippen molar-refractivity contribution >= 4 is 22.8 Å². The maximum absolute atomic E-state index is 11.8. The van der Waals surface area contributed by atoms with Crippen LogP contribution in [0.5, 0.6) is 0 Å². The number of hydrogen-bond acceptors (Lipinski definition) is 2. The molecule has 4 heteroatoms. The lowest BCUT2D eigenvalue weighted by Crippen LogP contribution is -2.19. The minimum absolute atomic E-state index is 0.0978. The first-order valence-electron chi connectivity index (χ1n) is 8.07. The first-order chi connectivity index (χ1) is 12.1. The first kappa shape index (κ1) is 16.5. The van der Waals surface area contributed by atoms with E-state index in [1.54, 1.807) is 6.08 Å². The highest BCUT2D eigenvalue weighted by molar-refractivity contribution is 6.01. The van der Waals surface area contributed by atoms with Crippen molar-refractivity contribution in [1.29, 1.82) is 5.26 Å². The van der Waals surface area contributed by atoms with Crippen LogP contribution in [0, 0.1) is 25.2 Å². The van der Waals surface area contributed by atoms with E-state index in [0.29, 0.717) is 0 Å². The topological polar surface area (TPSA) is 57.8 Å². The summed E-state index contributed by atoms with van der Waals surface area (Å²) in [4.78, 5) is 11.8. The SMILES string of the molecule is CNC(=O)C(C#N)=Cc1cc(C)n(-c2cccc3ccccc23)c1C. The van der Waals surface area contributed by atoms with Crippen molar-refractivity contribution in [2.45, 2.75) is 13.8 Å². The number of likely N-dealkylation sites (N-methyl/N-ethyl adjacent to an activating group) is 1. The molecule has 0 aliphatic rings. The van der Waals surface area contributed by atoms with E-state index in [9.17, 15) is 10.1 Å². The predicted molar refractivity (Wildman–Crippen MR) is 100 cm³/mol. The normalized spacial score (nSPS) is 11.4. The maximum atomic E-state index is 11.8. The number of aryl methyl sites for hydroxylation is 1. The summed E-state index contributed by atoms with van der Waals surface area (Å²) < 4.78 is 2.16. The van der Waals surface area contributed by atoms with Crippen LogP contribution < -0.4 is 5.32 Å². The fourth-order valence-corrected chi connectivity index (χ4v) is 3.15. The molecule has 124 valence electrons. The monoisotopic (exact) mass is 329 g/mol. The van der Waals surface area contributed by atoms with E-state index in [-0.39, 0.29) is 11.5 Å². The van der Waals surface area contributed by atoms with E-state index >= 15 is 0 Å². The summed E-state index contributed by atoms with van der Waals surface area (Å²) in [7, 11) is 1.52. The van der Waals surface area contributed by atoms with Crippen LogP contribution in [0.25, 0.3) is 22.5 Å². The second-order valence-corrected chi connectivity index (χ2v) is 5.91. The standard InChI is InChI=1S/C21H19N3O/c1-14-11-17(12-18(13-22)21(25)23-3)15(2)24(14)20-10-6-8-16-7-4-5-9-19(16)20/h4-12H,1-3H3,(H,23,25). The molecule has 0 saturated carbocycles. The predicted octanol–water partition coefficient (Wildman–Crippen LogP) is 3.90. The number of amides is 1. The van der Waals surface area contributed by atoms with Gasteiger partial charge in [-0.3, -0.25) is 4.79 Å². The molecule has 1 N–H and O–H groups in total. The first-order valence-corrected chi connectivity index (χ1v) is 8.07. The molecule has 1 aromatic heterocycles. The van der Waals surface area contributed by atoms with Crippen molar-refractivity contribution in [2.24, 2.45) is 0 Å². The van der Waals surface area contributed by atoms with E-state index in [1.165, 1.54) is 12.4 Å². The Morgan fingerprint density at radius 1 is 1.16 bits per heavy atom. The van der Waals surface area contributed by atoms with Crippen molar-refractivity contribution in [3.05, 3.63) is 71.1 Å². The van der Waals surface area contributed by atoms with Crippen molar-refractivity contribution in [1.82, 2.24) is 9.88 Å². The molecule has 0 atom stereocenters. The van der Waals surface area contributed by atoms with Crippen LogP contribution >= 0.6 is 0 Å². The van der Waals surface area contributed by atoms with Gasteiger partial charge < -0.3 is 9.88 Å². The average Bonchev–Trinajstić information content (AvgIpc) is 2.91. The van der Waals surface area contributed by atoms with Gasteiger partial charge in [-0.1, -0.05) is 36.4 Å². The van der Waals surface area contributed by atoms with Gasteiger partial charge in [-0.25, -0.2) is 0 Å². The smallest absolute Gasteiger partial charge is 0.261 e. The number of rotatable bonds is 3. The van der Waals surface area contributed by atoms with Gasteiger partial charge in [-0.15, -0.1) is 0 Å². The summed E-state index contributed by atoms with van der Waals surface area (Å²) in [5.41, 5.74) is 4.09. The third kappa shape index (κ3) is 2.92. The number of nitrogens with zero attached hydrogens (tertiary/aromatic N) is 2. The molecule has 2 aromatic carbocycles. The van der Waals surface area contributed by atoms with Crippen LogP contribution in [-0.2, 0) is 4.79 Å². The lowest BCUT2D eigenvalue weighted by molar-refractivity contribution is -0.116. The van der Waals surface area contributed by atoms with Gasteiger partial charge in [0.15, 0.2) is 0 Å². The average molecular weight is 329 g/mol. The Kier molecular flexibility index (Phi) is 4.40. The molecule has 1 amide bonds.